The molecule has 8 aromatic heterocycles. The summed E-state index contributed by atoms with van der Waals surface area (Å²) in [6, 6.07) is 53.7. The largest absolute Gasteiger partial charge is 0.489 e. The fourth-order valence-corrected chi connectivity index (χ4v) is 14.3. The molecular weight excluding hydrogens is 1770 g/mol. The number of aliphatic hydroxyl groups excluding tert-OH is 4. The number of nitrogens with zero attached hydrogens (tertiary/aromatic N) is 4. The molecular formula is C104H96F6N4O20S. The lowest BCUT2D eigenvalue weighted by Gasteiger charge is -2.15. The van der Waals surface area contributed by atoms with E-state index in [2.05, 4.69) is 19.9 Å². The van der Waals surface area contributed by atoms with Crippen LogP contribution >= 0.6 is 11.3 Å². The van der Waals surface area contributed by atoms with Crippen molar-refractivity contribution in [2.45, 2.75) is 171 Å². The summed E-state index contributed by atoms with van der Waals surface area (Å²) in [6.45, 7) is 15.8. The van der Waals surface area contributed by atoms with E-state index in [-0.39, 0.29) is 168 Å². The van der Waals surface area contributed by atoms with Gasteiger partial charge in [-0.05, 0) is 74.3 Å². The van der Waals surface area contributed by atoms with Gasteiger partial charge in [0.15, 0.2) is 21.7 Å². The number of thiazole rings is 1. The van der Waals surface area contributed by atoms with Crippen LogP contribution in [0, 0.1) is 0 Å². The summed E-state index contributed by atoms with van der Waals surface area (Å²) in [7, 11) is 0. The molecule has 0 aliphatic heterocycles. The van der Waals surface area contributed by atoms with Gasteiger partial charge in [0.2, 0.25) is 0 Å². The van der Waals surface area contributed by atoms with E-state index >= 15 is 0 Å². The molecule has 0 spiro atoms. The molecule has 0 aliphatic carbocycles. The van der Waals surface area contributed by atoms with Crippen LogP contribution in [0.25, 0.3) is 43.9 Å². The maximum absolute atomic E-state index is 13.0. The number of aliphatic hydroxyl groups is 4. The molecule has 0 saturated heterocycles. The van der Waals surface area contributed by atoms with Crippen molar-refractivity contribution in [1.29, 1.82) is 0 Å². The van der Waals surface area contributed by atoms with Gasteiger partial charge >= 0.3 is 12.4 Å². The molecule has 700 valence electrons. The van der Waals surface area contributed by atoms with Crippen molar-refractivity contribution in [2.24, 2.45) is 0 Å². The number of alkyl halides is 6. The normalized spacial score (nSPS) is 11.5. The monoisotopic (exact) mass is 1870 g/mol. The summed E-state index contributed by atoms with van der Waals surface area (Å²) >= 11 is 1.51. The second kappa shape index (κ2) is 45.3. The fraction of sp³-hybridized carbons (Fsp3) is 0.250. The number of fused-ring (bicyclic) bond motifs is 4. The van der Waals surface area contributed by atoms with E-state index < -0.39 is 23.5 Å². The molecule has 8 heterocycles. The van der Waals surface area contributed by atoms with Crippen molar-refractivity contribution in [2.75, 3.05) is 0 Å². The van der Waals surface area contributed by atoms with E-state index in [0.29, 0.717) is 92.3 Å². The Bertz CT molecular complexity index is 6810. The third kappa shape index (κ3) is 25.9. The predicted octanol–water partition coefficient (Wildman–Crippen LogP) is 21.9. The van der Waals surface area contributed by atoms with E-state index in [4.69, 9.17) is 55.6 Å². The molecule has 0 aliphatic rings. The van der Waals surface area contributed by atoms with Crippen LogP contribution in [-0.2, 0) is 91.6 Å². The number of benzene rings is 8. The smallest absolute Gasteiger partial charge is 0.417 e. The summed E-state index contributed by atoms with van der Waals surface area (Å²) < 4.78 is 150. The number of hydrogen-bond donors (Lipinski definition) is 4. The Balaban J connectivity index is 0.000000153. The molecule has 16 rings (SSSR count). The summed E-state index contributed by atoms with van der Waals surface area (Å²) in [6.07, 6.45) is 0.206. The Kier molecular flexibility index (Phi) is 32.9. The van der Waals surface area contributed by atoms with Crippen molar-refractivity contribution >= 4 is 55.2 Å². The first-order valence-corrected chi connectivity index (χ1v) is 43.8. The van der Waals surface area contributed by atoms with Gasteiger partial charge in [-0.15, -0.1) is 11.3 Å². The van der Waals surface area contributed by atoms with E-state index in [0.717, 1.165) is 68.3 Å². The third-order valence-electron chi connectivity index (χ3n) is 21.2. The highest BCUT2D eigenvalue weighted by atomic mass is 32.1. The van der Waals surface area contributed by atoms with E-state index in [9.17, 15) is 65.9 Å². The van der Waals surface area contributed by atoms with Gasteiger partial charge in [0, 0.05) is 151 Å². The van der Waals surface area contributed by atoms with E-state index in [1.165, 1.54) is 72.3 Å². The molecule has 0 bridgehead atoms. The van der Waals surface area contributed by atoms with Gasteiger partial charge < -0.3 is 76.0 Å². The highest BCUT2D eigenvalue weighted by molar-refractivity contribution is 7.09. The van der Waals surface area contributed by atoms with Crippen LogP contribution in [0.5, 0.6) is 46.0 Å². The molecule has 16 aromatic rings. The molecule has 0 unspecified atom stereocenters. The quantitative estimate of drug-likeness (QED) is 0.0285. The van der Waals surface area contributed by atoms with Crippen LogP contribution in [0.2, 0.25) is 0 Å². The second-order valence-electron chi connectivity index (χ2n) is 32.3. The minimum absolute atomic E-state index is 0.0522. The number of pyridine rings is 3. The molecule has 0 radical (unpaired) electrons. The zero-order valence-electron chi connectivity index (χ0n) is 74.7. The van der Waals surface area contributed by atoms with Gasteiger partial charge in [0.1, 0.15) is 166 Å². The summed E-state index contributed by atoms with van der Waals surface area (Å²) in [5.74, 6) is 4.90. The van der Waals surface area contributed by atoms with Gasteiger partial charge in [0.25, 0.3) is 0 Å². The number of rotatable bonds is 32. The van der Waals surface area contributed by atoms with Crippen LogP contribution in [0.1, 0.15) is 179 Å². The lowest BCUT2D eigenvalue weighted by Crippen LogP contribution is -2.08. The standard InChI is InChI=1S/2C27H24F3NO5.C26H25NO5.C24H23NO5S/c2*1-16(2)23-10-22(33)26-24(35-15-19-6-4-3-5-18(19)13-32)8-21(9-25(26)36-23)34-14-17-7-20(12-31-11-17)27(28,29)30;1-17(2)23-13-22(29)26-24(31-16-20-6-4-3-5-19(20)14-28)11-21(12-25(26)32-23)30-15-18-7-9-27-10-8-18;1-15(2)21-9-20(27)24-22(29-12-17-6-4-3-5-16(17)11-26)7-18(8-23(24)30-21)28-13-19-10-25-14-31-19/h2*3-12,16,32H,13-15H2,1-2H3;3-13,17,28H,14-16H2,1-2H3;3-10,14-15,26H,11-13H2,1-2H3. The van der Waals surface area contributed by atoms with E-state index in [1.54, 1.807) is 84.8 Å². The number of hydrogen-bond acceptors (Lipinski definition) is 25. The first-order valence-electron chi connectivity index (χ1n) is 42.9. The Morgan fingerprint density at radius 2 is 0.578 bits per heavy atom. The van der Waals surface area contributed by atoms with Crippen molar-refractivity contribution < 1.29 is 102 Å². The minimum Gasteiger partial charge on any atom is -0.489 e. The van der Waals surface area contributed by atoms with Gasteiger partial charge in [0.05, 0.1) is 47.9 Å². The minimum atomic E-state index is -4.52. The Labute approximate surface area is 774 Å². The maximum atomic E-state index is 13.0. The van der Waals surface area contributed by atoms with Gasteiger partial charge in [-0.1, -0.05) is 152 Å². The number of aromatic nitrogens is 4. The fourth-order valence-electron chi connectivity index (χ4n) is 13.8. The molecule has 0 saturated carbocycles. The summed E-state index contributed by atoms with van der Waals surface area (Å²) in [4.78, 5) is 68.1. The van der Waals surface area contributed by atoms with Crippen LogP contribution in [0.15, 0.2) is 280 Å². The lowest BCUT2D eigenvalue weighted by atomic mass is 10.1. The van der Waals surface area contributed by atoms with Crippen molar-refractivity contribution in [3.63, 3.8) is 0 Å². The van der Waals surface area contributed by atoms with Gasteiger partial charge in [-0.25, -0.2) is 0 Å². The average Bonchev–Trinajstić information content (AvgIpc) is 0.880. The Morgan fingerprint density at radius 3 is 0.837 bits per heavy atom. The van der Waals surface area contributed by atoms with Crippen LogP contribution in [0.4, 0.5) is 26.3 Å². The van der Waals surface area contributed by atoms with Gasteiger partial charge in [-0.3, -0.25) is 39.1 Å². The van der Waals surface area contributed by atoms with Crippen LogP contribution in [-0.4, -0.2) is 40.4 Å². The molecule has 24 nitrogen and oxygen atoms in total. The zero-order valence-corrected chi connectivity index (χ0v) is 75.5. The maximum Gasteiger partial charge on any atom is 0.417 e. The Morgan fingerprint density at radius 1 is 0.304 bits per heavy atom. The second-order valence-corrected chi connectivity index (χ2v) is 33.3. The first-order chi connectivity index (χ1) is 64.9. The molecule has 135 heavy (non-hydrogen) atoms. The van der Waals surface area contributed by atoms with Crippen LogP contribution in [0.3, 0.4) is 0 Å². The summed E-state index contributed by atoms with van der Waals surface area (Å²) in [5.41, 5.74) is 7.87. The molecule has 31 heteroatoms. The SMILES string of the molecule is CC(C)c1cc(=O)c2c(OCc3ccccc3CO)cc(OCc3ccncc3)cc2o1.CC(C)c1cc(=O)c2c(OCc3ccccc3CO)cc(OCc3cncc(C(F)(F)F)c3)cc2o1.CC(C)c1cc(=O)c2c(OCc3ccccc3CO)cc(OCc3cncc(C(F)(F)F)c3)cc2o1.CC(C)c1cc(=O)c2c(OCc3ccccc3CO)cc(OCc3cncs3)cc2o1. The highest BCUT2D eigenvalue weighted by Crippen LogP contribution is 2.40. The van der Waals surface area contributed by atoms with Gasteiger partial charge in [-0.2, -0.15) is 26.3 Å². The third-order valence-corrected chi connectivity index (χ3v) is 21.9. The highest BCUT2D eigenvalue weighted by Gasteiger charge is 2.33. The first kappa shape index (κ1) is 98.0. The van der Waals surface area contributed by atoms with Crippen molar-refractivity contribution in [1.82, 2.24) is 19.9 Å². The molecule has 4 N–H and O–H groups in total. The molecule has 8 aromatic carbocycles. The lowest BCUT2D eigenvalue weighted by molar-refractivity contribution is -0.138. The topological polar surface area (TPSA) is 327 Å². The predicted molar refractivity (Wildman–Crippen MR) is 495 cm³/mol. The van der Waals surface area contributed by atoms with Crippen LogP contribution < -0.4 is 59.6 Å². The van der Waals surface area contributed by atoms with Crippen molar-refractivity contribution in [3.8, 4) is 46.0 Å². The molecule has 0 amide bonds. The molecule has 0 fully saturated rings. The number of halogens is 6. The van der Waals surface area contributed by atoms with Crippen molar-refractivity contribution in [3.05, 3.63) is 384 Å². The number of ether oxygens (including phenoxy) is 8. The summed E-state index contributed by atoms with van der Waals surface area (Å²) in [5, 5.41) is 39.5. The zero-order chi connectivity index (χ0) is 96.0. The van der Waals surface area contributed by atoms with E-state index in [1.807, 2.05) is 128 Å². The average molecular weight is 1870 g/mol. The Hall–Kier alpha value is -14.5. The molecule has 0 atom stereocenters.